The first-order chi connectivity index (χ1) is 12.8. The summed E-state index contributed by atoms with van der Waals surface area (Å²) in [5.41, 5.74) is 3.04. The molecule has 0 amide bonds. The lowest BCUT2D eigenvalue weighted by molar-refractivity contribution is 0.635. The smallest absolute Gasteiger partial charge is 0.225 e. The summed E-state index contributed by atoms with van der Waals surface area (Å²) in [6.45, 7) is 5.62. The van der Waals surface area contributed by atoms with Gasteiger partial charge < -0.3 is 14.4 Å². The Hall–Kier alpha value is -2.77. The van der Waals surface area contributed by atoms with E-state index >= 15 is 0 Å². The van der Waals surface area contributed by atoms with Crippen LogP contribution in [0.4, 0.5) is 11.8 Å². The molecule has 0 N–H and O–H groups in total. The lowest BCUT2D eigenvalue weighted by Crippen LogP contribution is -2.47. The van der Waals surface area contributed by atoms with E-state index in [1.165, 1.54) is 18.4 Å². The first-order valence-corrected chi connectivity index (χ1v) is 9.32. The van der Waals surface area contributed by atoms with Crippen molar-refractivity contribution >= 4 is 22.9 Å². The van der Waals surface area contributed by atoms with Crippen molar-refractivity contribution in [3.8, 4) is 0 Å². The van der Waals surface area contributed by atoms with Gasteiger partial charge in [0, 0.05) is 44.6 Å². The summed E-state index contributed by atoms with van der Waals surface area (Å²) in [6.07, 6.45) is 10.8. The lowest BCUT2D eigenvalue weighted by Gasteiger charge is -2.35. The topological polar surface area (TPSA) is 75.9 Å². The van der Waals surface area contributed by atoms with E-state index in [9.17, 15) is 0 Å². The molecule has 0 atom stereocenters. The van der Waals surface area contributed by atoms with Crippen LogP contribution in [0.2, 0.25) is 0 Å². The van der Waals surface area contributed by atoms with Crippen LogP contribution in [0, 0.1) is 0 Å². The molecule has 5 rings (SSSR count). The van der Waals surface area contributed by atoms with Gasteiger partial charge in [0.25, 0.3) is 0 Å². The Morgan fingerprint density at radius 2 is 1.65 bits per heavy atom. The average molecular weight is 350 g/mol. The molecule has 134 valence electrons. The van der Waals surface area contributed by atoms with Crippen LogP contribution >= 0.6 is 0 Å². The molecule has 3 aromatic heterocycles. The van der Waals surface area contributed by atoms with E-state index in [2.05, 4.69) is 46.2 Å². The van der Waals surface area contributed by atoms with Crippen LogP contribution in [0.1, 0.15) is 31.4 Å². The first kappa shape index (κ1) is 15.5. The van der Waals surface area contributed by atoms with Gasteiger partial charge in [0.1, 0.15) is 6.33 Å². The van der Waals surface area contributed by atoms with Gasteiger partial charge in [-0.1, -0.05) is 6.92 Å². The van der Waals surface area contributed by atoms with Crippen LogP contribution in [0.3, 0.4) is 0 Å². The van der Waals surface area contributed by atoms with Crippen LogP contribution in [-0.2, 0) is 6.42 Å². The largest absolute Gasteiger partial charge is 0.351 e. The molecule has 8 nitrogen and oxygen atoms in total. The summed E-state index contributed by atoms with van der Waals surface area (Å²) in [6, 6.07) is 0.572. The van der Waals surface area contributed by atoms with E-state index in [1.54, 1.807) is 6.33 Å². The third-order valence-corrected chi connectivity index (χ3v) is 5.24. The molecule has 8 heteroatoms. The van der Waals surface area contributed by atoms with Crippen molar-refractivity contribution < 1.29 is 0 Å². The Morgan fingerprint density at radius 3 is 2.35 bits per heavy atom. The molecule has 1 aliphatic heterocycles. The van der Waals surface area contributed by atoms with E-state index in [1.807, 2.05) is 18.7 Å². The van der Waals surface area contributed by atoms with Crippen molar-refractivity contribution in [1.82, 2.24) is 29.5 Å². The van der Waals surface area contributed by atoms with Crippen molar-refractivity contribution in [2.24, 2.45) is 0 Å². The number of anilines is 2. The van der Waals surface area contributed by atoms with Gasteiger partial charge in [-0.05, 0) is 24.8 Å². The standard InChI is InChI=1S/C18H22N8/c1-2-13-9-19-18(20-10-13)25-7-5-24(6-8-25)16-15-17(22-11-21-16)26(12-23-15)14-3-4-14/h9-12,14H,2-8H2,1H3. The monoisotopic (exact) mass is 350 g/mol. The van der Waals surface area contributed by atoms with Gasteiger partial charge in [-0.2, -0.15) is 0 Å². The summed E-state index contributed by atoms with van der Waals surface area (Å²) in [4.78, 5) is 27.2. The summed E-state index contributed by atoms with van der Waals surface area (Å²) in [5.74, 6) is 1.75. The molecule has 0 bridgehead atoms. The second-order valence-corrected chi connectivity index (χ2v) is 6.97. The third-order valence-electron chi connectivity index (χ3n) is 5.24. The van der Waals surface area contributed by atoms with Gasteiger partial charge >= 0.3 is 0 Å². The number of aryl methyl sites for hydroxylation is 1. The molecule has 0 radical (unpaired) electrons. The van der Waals surface area contributed by atoms with E-state index < -0.39 is 0 Å². The number of fused-ring (bicyclic) bond motifs is 1. The van der Waals surface area contributed by atoms with Gasteiger partial charge in [0.2, 0.25) is 5.95 Å². The SMILES string of the molecule is CCc1cnc(N2CCN(c3ncnc4c3ncn4C3CC3)CC2)nc1. The van der Waals surface area contributed by atoms with Crippen molar-refractivity contribution in [2.75, 3.05) is 36.0 Å². The van der Waals surface area contributed by atoms with Gasteiger partial charge in [-0.15, -0.1) is 0 Å². The van der Waals surface area contributed by atoms with Crippen LogP contribution in [0.25, 0.3) is 11.2 Å². The highest BCUT2D eigenvalue weighted by molar-refractivity contribution is 5.83. The van der Waals surface area contributed by atoms with Crippen molar-refractivity contribution in [3.05, 3.63) is 30.6 Å². The number of piperazine rings is 1. The zero-order valence-electron chi connectivity index (χ0n) is 14.9. The second-order valence-electron chi connectivity index (χ2n) is 6.97. The highest BCUT2D eigenvalue weighted by Gasteiger charge is 2.28. The maximum atomic E-state index is 4.61. The van der Waals surface area contributed by atoms with Gasteiger partial charge in [-0.25, -0.2) is 24.9 Å². The van der Waals surface area contributed by atoms with Crippen LogP contribution < -0.4 is 9.80 Å². The van der Waals surface area contributed by atoms with Gasteiger partial charge in [0.15, 0.2) is 17.0 Å². The molecular formula is C18H22N8. The number of hydrogen-bond donors (Lipinski definition) is 0. The summed E-state index contributed by atoms with van der Waals surface area (Å²) in [7, 11) is 0. The van der Waals surface area contributed by atoms with Crippen molar-refractivity contribution in [2.45, 2.75) is 32.2 Å². The van der Waals surface area contributed by atoms with Crippen molar-refractivity contribution in [1.29, 1.82) is 0 Å². The molecular weight excluding hydrogens is 328 g/mol. The van der Waals surface area contributed by atoms with Crippen LogP contribution in [0.15, 0.2) is 25.0 Å². The maximum absolute atomic E-state index is 4.61. The number of aromatic nitrogens is 6. The third kappa shape index (κ3) is 2.65. The molecule has 2 aliphatic rings. The van der Waals surface area contributed by atoms with Crippen LogP contribution in [0.5, 0.6) is 0 Å². The molecule has 26 heavy (non-hydrogen) atoms. The quantitative estimate of drug-likeness (QED) is 0.710. The summed E-state index contributed by atoms with van der Waals surface area (Å²) >= 11 is 0. The molecule has 0 aromatic carbocycles. The number of imidazole rings is 1. The number of rotatable bonds is 4. The van der Waals surface area contributed by atoms with E-state index in [-0.39, 0.29) is 0 Å². The minimum Gasteiger partial charge on any atom is -0.351 e. The molecule has 1 saturated heterocycles. The molecule has 0 spiro atoms. The Balaban J connectivity index is 1.34. The Bertz CT molecular complexity index is 907. The highest BCUT2D eigenvalue weighted by atomic mass is 15.3. The summed E-state index contributed by atoms with van der Waals surface area (Å²) < 4.78 is 2.19. The molecule has 1 aliphatic carbocycles. The minimum atomic E-state index is 0.572. The maximum Gasteiger partial charge on any atom is 0.225 e. The first-order valence-electron chi connectivity index (χ1n) is 9.32. The van der Waals surface area contributed by atoms with Crippen molar-refractivity contribution in [3.63, 3.8) is 0 Å². The van der Waals surface area contributed by atoms with E-state index in [0.717, 1.165) is 55.5 Å². The Kier molecular flexibility index (Phi) is 3.69. The molecule has 1 saturated carbocycles. The van der Waals surface area contributed by atoms with E-state index in [4.69, 9.17) is 0 Å². The predicted molar refractivity (Wildman–Crippen MR) is 99.4 cm³/mol. The van der Waals surface area contributed by atoms with E-state index in [0.29, 0.717) is 6.04 Å². The van der Waals surface area contributed by atoms with Gasteiger partial charge in [-0.3, -0.25) is 0 Å². The fourth-order valence-electron chi connectivity index (χ4n) is 3.50. The second kappa shape index (κ2) is 6.19. The highest BCUT2D eigenvalue weighted by Crippen LogP contribution is 2.37. The minimum absolute atomic E-state index is 0.572. The molecule has 0 unspecified atom stereocenters. The number of nitrogens with zero attached hydrogens (tertiary/aromatic N) is 8. The van der Waals surface area contributed by atoms with Crippen LogP contribution in [-0.4, -0.2) is 55.7 Å². The summed E-state index contributed by atoms with van der Waals surface area (Å²) in [5, 5.41) is 0. The zero-order valence-corrected chi connectivity index (χ0v) is 14.9. The number of hydrogen-bond acceptors (Lipinski definition) is 7. The Labute approximate surface area is 151 Å². The fourth-order valence-corrected chi connectivity index (χ4v) is 3.50. The molecule has 4 heterocycles. The average Bonchev–Trinajstić information content (AvgIpc) is 3.46. The normalized spacial score (nSPS) is 17.9. The zero-order chi connectivity index (χ0) is 17.5. The lowest BCUT2D eigenvalue weighted by atomic mass is 10.3. The molecule has 2 fully saturated rings. The Morgan fingerprint density at radius 1 is 0.923 bits per heavy atom. The fraction of sp³-hybridized carbons (Fsp3) is 0.500. The van der Waals surface area contributed by atoms with Gasteiger partial charge in [0.05, 0.1) is 6.33 Å². The molecule has 3 aromatic rings. The predicted octanol–water partition coefficient (Wildman–Crippen LogP) is 1.84.